The van der Waals surface area contributed by atoms with Crippen molar-refractivity contribution < 1.29 is 4.79 Å². The van der Waals surface area contributed by atoms with Gasteiger partial charge in [-0.25, -0.2) is 0 Å². The Balaban J connectivity index is 1.82. The van der Waals surface area contributed by atoms with E-state index in [-0.39, 0.29) is 18.1 Å². The molecule has 2 fully saturated rings. The molecule has 0 radical (unpaired) electrons. The first-order chi connectivity index (χ1) is 9.70. The van der Waals surface area contributed by atoms with Gasteiger partial charge < -0.3 is 9.80 Å². The first kappa shape index (κ1) is 14.0. The Morgan fingerprint density at radius 3 is 3.05 bits per heavy atom. The second-order valence-electron chi connectivity index (χ2n) is 5.74. The molecule has 0 aliphatic carbocycles. The lowest BCUT2D eigenvalue weighted by Gasteiger charge is -2.39. The summed E-state index contributed by atoms with van der Waals surface area (Å²) in [7, 11) is 0. The van der Waals surface area contributed by atoms with Gasteiger partial charge in [0.05, 0.1) is 6.04 Å². The zero-order valence-electron chi connectivity index (χ0n) is 12.2. The molecule has 1 amide bonds. The van der Waals surface area contributed by atoms with Gasteiger partial charge in [0.2, 0.25) is 5.91 Å². The van der Waals surface area contributed by atoms with Crippen molar-refractivity contribution in [2.75, 3.05) is 19.6 Å². The Kier molecular flexibility index (Phi) is 4.10. The highest BCUT2D eigenvalue weighted by Crippen LogP contribution is 2.32. The fourth-order valence-electron chi connectivity index (χ4n) is 3.34. The van der Waals surface area contributed by atoms with E-state index in [4.69, 9.17) is 0 Å². The van der Waals surface area contributed by atoms with Crippen molar-refractivity contribution in [3.05, 3.63) is 22.4 Å². The van der Waals surface area contributed by atoms with Crippen LogP contribution < -0.4 is 5.32 Å². The van der Waals surface area contributed by atoms with E-state index in [2.05, 4.69) is 39.6 Å². The van der Waals surface area contributed by atoms with E-state index in [1.54, 1.807) is 11.3 Å². The number of nitrogens with one attached hydrogen (secondary N) is 1. The fourth-order valence-corrected chi connectivity index (χ4v) is 4.12. The smallest absolute Gasteiger partial charge is 0.241 e. The Hall–Kier alpha value is -0.910. The first-order valence-electron chi connectivity index (χ1n) is 7.54. The molecule has 3 heterocycles. The third-order valence-corrected chi connectivity index (χ3v) is 5.37. The molecule has 5 heteroatoms. The van der Waals surface area contributed by atoms with Gasteiger partial charge in [-0.15, -0.1) is 11.3 Å². The molecular weight excluding hydrogens is 270 g/mol. The van der Waals surface area contributed by atoms with E-state index in [0.29, 0.717) is 6.04 Å². The average Bonchev–Trinajstić information content (AvgIpc) is 3.08. The highest BCUT2D eigenvalue weighted by Gasteiger charge is 2.42. The summed E-state index contributed by atoms with van der Waals surface area (Å²) in [6.45, 7) is 7.43. The molecule has 2 aliphatic rings. The van der Waals surface area contributed by atoms with Crippen molar-refractivity contribution in [1.29, 1.82) is 0 Å². The molecular formula is C15H23N3OS. The summed E-state index contributed by atoms with van der Waals surface area (Å²) in [4.78, 5) is 18.4. The third-order valence-electron chi connectivity index (χ3n) is 4.44. The number of hydrogen-bond donors (Lipinski definition) is 1. The monoisotopic (exact) mass is 293 g/mol. The molecule has 0 spiro atoms. The highest BCUT2D eigenvalue weighted by molar-refractivity contribution is 7.10. The maximum Gasteiger partial charge on any atom is 0.241 e. The summed E-state index contributed by atoms with van der Waals surface area (Å²) < 4.78 is 0. The summed E-state index contributed by atoms with van der Waals surface area (Å²) in [5.74, 6) is 0.256. The summed E-state index contributed by atoms with van der Waals surface area (Å²) in [6, 6.07) is 4.47. The topological polar surface area (TPSA) is 35.6 Å². The minimum absolute atomic E-state index is 0.0688. The van der Waals surface area contributed by atoms with Crippen LogP contribution in [0, 0.1) is 0 Å². The number of likely N-dealkylation sites (N-methyl/N-ethyl adjacent to an activating group) is 1. The molecule has 4 nitrogen and oxygen atoms in total. The van der Waals surface area contributed by atoms with Crippen LogP contribution in [0.2, 0.25) is 0 Å². The lowest BCUT2D eigenvalue weighted by Crippen LogP contribution is -2.49. The Morgan fingerprint density at radius 1 is 1.50 bits per heavy atom. The number of amides is 1. The highest BCUT2D eigenvalue weighted by atomic mass is 32.1. The average molecular weight is 293 g/mol. The molecule has 3 rings (SSSR count). The molecule has 3 unspecified atom stereocenters. The lowest BCUT2D eigenvalue weighted by molar-refractivity contribution is -0.133. The van der Waals surface area contributed by atoms with E-state index in [9.17, 15) is 4.79 Å². The van der Waals surface area contributed by atoms with E-state index >= 15 is 0 Å². The van der Waals surface area contributed by atoms with E-state index in [1.165, 1.54) is 17.8 Å². The van der Waals surface area contributed by atoms with Crippen LogP contribution >= 0.6 is 11.3 Å². The fraction of sp³-hybridized carbons (Fsp3) is 0.667. The Morgan fingerprint density at radius 2 is 2.35 bits per heavy atom. The largest absolute Gasteiger partial charge is 0.316 e. The minimum Gasteiger partial charge on any atom is -0.316 e. The number of rotatable bonds is 3. The lowest BCUT2D eigenvalue weighted by atomic mass is 10.0. The van der Waals surface area contributed by atoms with Gasteiger partial charge in [-0.05, 0) is 44.3 Å². The van der Waals surface area contributed by atoms with E-state index in [1.807, 2.05) is 6.92 Å². The molecule has 0 saturated carbocycles. The quantitative estimate of drug-likeness (QED) is 0.926. The molecule has 1 N–H and O–H groups in total. The zero-order valence-corrected chi connectivity index (χ0v) is 13.0. The van der Waals surface area contributed by atoms with Crippen LogP contribution in [0.1, 0.15) is 37.7 Å². The number of nitrogens with zero attached hydrogens (tertiary/aromatic N) is 2. The molecule has 1 aromatic rings. The Labute approximate surface area is 124 Å². The first-order valence-corrected chi connectivity index (χ1v) is 8.42. The van der Waals surface area contributed by atoms with Gasteiger partial charge in [-0.2, -0.15) is 0 Å². The predicted molar refractivity (Wildman–Crippen MR) is 81.6 cm³/mol. The summed E-state index contributed by atoms with van der Waals surface area (Å²) in [5.41, 5.74) is 0. The second-order valence-corrected chi connectivity index (χ2v) is 6.72. The number of thiophene rings is 1. The normalized spacial score (nSPS) is 32.0. The van der Waals surface area contributed by atoms with Gasteiger partial charge in [-0.3, -0.25) is 10.1 Å². The summed E-state index contributed by atoms with van der Waals surface area (Å²) >= 11 is 1.73. The maximum absolute atomic E-state index is 12.6. The molecule has 2 saturated heterocycles. The van der Waals surface area contributed by atoms with Gasteiger partial charge in [-0.1, -0.05) is 13.0 Å². The van der Waals surface area contributed by atoms with Crippen LogP contribution in [-0.4, -0.2) is 47.4 Å². The van der Waals surface area contributed by atoms with Crippen molar-refractivity contribution in [3.8, 4) is 0 Å². The molecule has 3 atom stereocenters. The van der Waals surface area contributed by atoms with Crippen LogP contribution in [0.3, 0.4) is 0 Å². The van der Waals surface area contributed by atoms with Gasteiger partial charge >= 0.3 is 0 Å². The van der Waals surface area contributed by atoms with Crippen LogP contribution in [0.25, 0.3) is 0 Å². The van der Waals surface area contributed by atoms with Crippen molar-refractivity contribution in [3.63, 3.8) is 0 Å². The van der Waals surface area contributed by atoms with E-state index < -0.39 is 0 Å². The number of piperidine rings is 1. The van der Waals surface area contributed by atoms with Crippen molar-refractivity contribution in [2.24, 2.45) is 0 Å². The number of carbonyl (C=O) groups is 1. The SMILES string of the molecule is CCN1CCCC(N2C(=O)C(C)NC2c2cccs2)C1. The van der Waals surface area contributed by atoms with Gasteiger partial charge in [0, 0.05) is 17.5 Å². The third kappa shape index (κ3) is 2.50. The summed E-state index contributed by atoms with van der Waals surface area (Å²) in [5, 5.41) is 5.54. The molecule has 0 aromatic carbocycles. The number of carbonyl (C=O) groups excluding carboxylic acids is 1. The maximum atomic E-state index is 12.6. The number of hydrogen-bond acceptors (Lipinski definition) is 4. The van der Waals surface area contributed by atoms with Crippen LogP contribution in [-0.2, 0) is 4.79 Å². The molecule has 2 aliphatic heterocycles. The van der Waals surface area contributed by atoms with Gasteiger partial charge in [0.15, 0.2) is 0 Å². The zero-order chi connectivity index (χ0) is 14.1. The summed E-state index contributed by atoms with van der Waals surface area (Å²) in [6.07, 6.45) is 2.38. The van der Waals surface area contributed by atoms with Crippen LogP contribution in [0.15, 0.2) is 17.5 Å². The molecule has 0 bridgehead atoms. The standard InChI is InChI=1S/C15H23N3OS/c1-3-17-8-4-6-12(10-17)18-14(13-7-5-9-20-13)16-11(2)15(18)19/h5,7,9,11-12,14,16H,3-4,6,8,10H2,1-2H3. The molecule has 110 valence electrons. The van der Waals surface area contributed by atoms with Crippen LogP contribution in [0.4, 0.5) is 0 Å². The van der Waals surface area contributed by atoms with Gasteiger partial charge in [0.25, 0.3) is 0 Å². The van der Waals surface area contributed by atoms with Crippen molar-refractivity contribution in [2.45, 2.75) is 44.9 Å². The Bertz CT molecular complexity index is 462. The minimum atomic E-state index is -0.0703. The van der Waals surface area contributed by atoms with Crippen molar-refractivity contribution >= 4 is 17.2 Å². The molecule has 1 aromatic heterocycles. The molecule has 20 heavy (non-hydrogen) atoms. The second kappa shape index (κ2) is 5.84. The van der Waals surface area contributed by atoms with E-state index in [0.717, 1.165) is 19.5 Å². The van der Waals surface area contributed by atoms with Crippen LogP contribution in [0.5, 0.6) is 0 Å². The number of likely N-dealkylation sites (tertiary alicyclic amines) is 1. The predicted octanol–water partition coefficient (Wildman–Crippen LogP) is 2.05. The van der Waals surface area contributed by atoms with Crippen molar-refractivity contribution in [1.82, 2.24) is 15.1 Å². The van der Waals surface area contributed by atoms with Gasteiger partial charge in [0.1, 0.15) is 6.17 Å².